The highest BCUT2D eigenvalue weighted by Crippen LogP contribution is 2.35. The number of nitrogens with zero attached hydrogens (tertiary/aromatic N) is 2. The SMILES string of the molecule is Cc1nc2cccc(C3CC4C(=O)NCNC4N3)c2nc1NC(C)(C)C. The summed E-state index contributed by atoms with van der Waals surface area (Å²) in [6, 6.07) is 6.16. The average Bonchev–Trinajstić information content (AvgIpc) is 2.99. The Kier molecular flexibility index (Phi) is 4.08. The fourth-order valence-corrected chi connectivity index (χ4v) is 3.79. The zero-order valence-corrected chi connectivity index (χ0v) is 15.7. The molecule has 3 heterocycles. The lowest BCUT2D eigenvalue weighted by Gasteiger charge is -2.26. The number of amides is 1. The number of carbonyl (C=O) groups is 1. The number of aryl methyl sites for hydroxylation is 1. The van der Waals surface area contributed by atoms with Gasteiger partial charge in [0.05, 0.1) is 35.5 Å². The minimum absolute atomic E-state index is 0.00887. The van der Waals surface area contributed by atoms with E-state index in [-0.39, 0.29) is 29.6 Å². The van der Waals surface area contributed by atoms with Crippen LogP contribution in [0.25, 0.3) is 11.0 Å². The van der Waals surface area contributed by atoms with Crippen molar-refractivity contribution < 1.29 is 4.79 Å². The molecule has 0 bridgehead atoms. The first-order valence-electron chi connectivity index (χ1n) is 9.14. The van der Waals surface area contributed by atoms with E-state index >= 15 is 0 Å². The highest BCUT2D eigenvalue weighted by atomic mass is 16.2. The summed E-state index contributed by atoms with van der Waals surface area (Å²) in [5.74, 6) is 0.860. The summed E-state index contributed by atoms with van der Waals surface area (Å²) in [5, 5.41) is 13.2. The van der Waals surface area contributed by atoms with E-state index in [9.17, 15) is 4.79 Å². The molecule has 0 saturated carbocycles. The van der Waals surface area contributed by atoms with E-state index in [1.54, 1.807) is 0 Å². The molecule has 0 spiro atoms. The fourth-order valence-electron chi connectivity index (χ4n) is 3.79. The van der Waals surface area contributed by atoms with Crippen LogP contribution in [0.15, 0.2) is 18.2 Å². The van der Waals surface area contributed by atoms with Crippen molar-refractivity contribution in [2.75, 3.05) is 12.0 Å². The number of para-hydroxylation sites is 1. The van der Waals surface area contributed by atoms with Gasteiger partial charge in [-0.1, -0.05) is 12.1 Å². The first kappa shape index (κ1) is 17.2. The molecule has 3 unspecified atom stereocenters. The Morgan fingerprint density at radius 2 is 2.04 bits per heavy atom. The van der Waals surface area contributed by atoms with Gasteiger partial charge in [0, 0.05) is 11.6 Å². The van der Waals surface area contributed by atoms with Crippen molar-refractivity contribution in [2.24, 2.45) is 5.92 Å². The highest BCUT2D eigenvalue weighted by Gasteiger charge is 2.41. The van der Waals surface area contributed by atoms with Gasteiger partial charge in [0.1, 0.15) is 5.82 Å². The van der Waals surface area contributed by atoms with Gasteiger partial charge in [0.25, 0.3) is 0 Å². The minimum Gasteiger partial charge on any atom is -0.364 e. The summed E-state index contributed by atoms with van der Waals surface area (Å²) in [6.45, 7) is 8.81. The van der Waals surface area contributed by atoms with Gasteiger partial charge in [-0.05, 0) is 45.7 Å². The largest absolute Gasteiger partial charge is 0.364 e. The predicted octanol–water partition coefficient (Wildman–Crippen LogP) is 1.80. The van der Waals surface area contributed by atoms with Crippen molar-refractivity contribution in [1.29, 1.82) is 0 Å². The molecule has 1 aromatic heterocycles. The third-order valence-electron chi connectivity index (χ3n) is 4.96. The van der Waals surface area contributed by atoms with Crippen LogP contribution in [0.3, 0.4) is 0 Å². The molecular formula is C19H26N6O. The van der Waals surface area contributed by atoms with Gasteiger partial charge < -0.3 is 10.6 Å². The smallest absolute Gasteiger partial charge is 0.227 e. The lowest BCUT2D eigenvalue weighted by Crippen LogP contribution is -2.56. The van der Waals surface area contributed by atoms with E-state index in [0.29, 0.717) is 6.67 Å². The second-order valence-electron chi connectivity index (χ2n) is 8.21. The Bertz CT molecular complexity index is 859. The molecular weight excluding hydrogens is 328 g/mol. The summed E-state index contributed by atoms with van der Waals surface area (Å²) in [7, 11) is 0. The molecule has 7 nitrogen and oxygen atoms in total. The third-order valence-corrected chi connectivity index (χ3v) is 4.96. The van der Waals surface area contributed by atoms with E-state index in [1.165, 1.54) is 0 Å². The summed E-state index contributed by atoms with van der Waals surface area (Å²) < 4.78 is 0. The van der Waals surface area contributed by atoms with E-state index < -0.39 is 0 Å². The summed E-state index contributed by atoms with van der Waals surface area (Å²) in [4.78, 5) is 21.8. The predicted molar refractivity (Wildman–Crippen MR) is 102 cm³/mol. The molecule has 0 radical (unpaired) electrons. The summed E-state index contributed by atoms with van der Waals surface area (Å²) in [5.41, 5.74) is 3.66. The number of fused-ring (bicyclic) bond motifs is 2. The number of hydrogen-bond donors (Lipinski definition) is 4. The molecule has 0 aliphatic carbocycles. The maximum Gasteiger partial charge on any atom is 0.227 e. The molecule has 1 aromatic carbocycles. The van der Waals surface area contributed by atoms with Crippen molar-refractivity contribution in [1.82, 2.24) is 25.9 Å². The third kappa shape index (κ3) is 3.12. The molecule has 4 rings (SSSR count). The second kappa shape index (κ2) is 6.17. The van der Waals surface area contributed by atoms with Crippen molar-refractivity contribution in [3.05, 3.63) is 29.5 Å². The lowest BCUT2D eigenvalue weighted by molar-refractivity contribution is -0.127. The highest BCUT2D eigenvalue weighted by molar-refractivity contribution is 5.82. The van der Waals surface area contributed by atoms with Crippen LogP contribution in [-0.2, 0) is 4.79 Å². The number of carbonyl (C=O) groups excluding carboxylic acids is 1. The summed E-state index contributed by atoms with van der Waals surface area (Å²) >= 11 is 0. The fraction of sp³-hybridized carbons (Fsp3) is 0.526. The van der Waals surface area contributed by atoms with Gasteiger partial charge in [0.15, 0.2) is 0 Å². The van der Waals surface area contributed by atoms with Crippen LogP contribution >= 0.6 is 0 Å². The van der Waals surface area contributed by atoms with E-state index in [4.69, 9.17) is 9.97 Å². The Morgan fingerprint density at radius 3 is 2.77 bits per heavy atom. The number of aromatic nitrogens is 2. The Morgan fingerprint density at radius 1 is 1.23 bits per heavy atom. The zero-order chi connectivity index (χ0) is 18.5. The first-order chi connectivity index (χ1) is 12.3. The minimum atomic E-state index is -0.0926. The van der Waals surface area contributed by atoms with E-state index in [0.717, 1.165) is 34.5 Å². The molecule has 2 aromatic rings. The molecule has 4 N–H and O–H groups in total. The van der Waals surface area contributed by atoms with Crippen LogP contribution in [0, 0.1) is 12.8 Å². The number of rotatable bonds is 2. The molecule has 2 fully saturated rings. The molecule has 2 aliphatic heterocycles. The Labute approximate surface area is 153 Å². The molecule has 26 heavy (non-hydrogen) atoms. The number of hydrogen-bond acceptors (Lipinski definition) is 6. The quantitative estimate of drug-likeness (QED) is 0.657. The van der Waals surface area contributed by atoms with Crippen LogP contribution in [0.5, 0.6) is 0 Å². The van der Waals surface area contributed by atoms with Crippen molar-refractivity contribution >= 4 is 22.8 Å². The van der Waals surface area contributed by atoms with E-state index in [2.05, 4.69) is 48.1 Å². The number of anilines is 1. The standard InChI is InChI=1S/C19H26N6O/c1-10-16(25-19(2,3)4)24-15-11(6-5-7-13(15)22-10)14-8-12-17(23-14)20-9-21-18(12)26/h5-7,12,14,17,20,23H,8-9H2,1-4H3,(H,21,26)(H,24,25). The molecule has 2 aliphatic rings. The van der Waals surface area contributed by atoms with Gasteiger partial charge in [-0.15, -0.1) is 0 Å². The monoisotopic (exact) mass is 354 g/mol. The van der Waals surface area contributed by atoms with Gasteiger partial charge in [-0.2, -0.15) is 0 Å². The maximum absolute atomic E-state index is 12.1. The first-order valence-corrected chi connectivity index (χ1v) is 9.14. The summed E-state index contributed by atoms with van der Waals surface area (Å²) in [6.07, 6.45) is 0.759. The average molecular weight is 354 g/mol. The van der Waals surface area contributed by atoms with Crippen LogP contribution in [-0.4, -0.2) is 34.2 Å². The van der Waals surface area contributed by atoms with Crippen molar-refractivity contribution in [2.45, 2.75) is 51.9 Å². The van der Waals surface area contributed by atoms with Crippen LogP contribution in [0.4, 0.5) is 5.82 Å². The topological polar surface area (TPSA) is 91.0 Å². The molecule has 138 valence electrons. The van der Waals surface area contributed by atoms with Gasteiger partial charge >= 0.3 is 0 Å². The van der Waals surface area contributed by atoms with E-state index in [1.807, 2.05) is 19.1 Å². The second-order valence-corrected chi connectivity index (χ2v) is 8.21. The van der Waals surface area contributed by atoms with Gasteiger partial charge in [-0.25, -0.2) is 9.97 Å². The lowest BCUT2D eigenvalue weighted by atomic mass is 9.96. The normalized spacial score (nSPS) is 25.8. The number of nitrogens with one attached hydrogen (secondary N) is 4. The zero-order valence-electron chi connectivity index (χ0n) is 15.7. The molecule has 2 saturated heterocycles. The van der Waals surface area contributed by atoms with Crippen LogP contribution < -0.4 is 21.3 Å². The Balaban J connectivity index is 1.73. The van der Waals surface area contributed by atoms with Gasteiger partial charge in [-0.3, -0.25) is 15.4 Å². The van der Waals surface area contributed by atoms with Gasteiger partial charge in [0.2, 0.25) is 5.91 Å². The number of benzene rings is 1. The molecule has 7 heteroatoms. The van der Waals surface area contributed by atoms with Crippen LogP contribution in [0.1, 0.15) is 44.5 Å². The molecule has 1 amide bonds. The maximum atomic E-state index is 12.1. The van der Waals surface area contributed by atoms with Crippen molar-refractivity contribution in [3.8, 4) is 0 Å². The van der Waals surface area contributed by atoms with Crippen LogP contribution in [0.2, 0.25) is 0 Å². The van der Waals surface area contributed by atoms with Crippen molar-refractivity contribution in [3.63, 3.8) is 0 Å². The Hall–Kier alpha value is -2.25. The molecule has 3 atom stereocenters.